The molecule has 13 nitrogen and oxygen atoms in total. The Kier molecular flexibility index (Phi) is 8.07. The number of nitrogens with zero attached hydrogens (tertiary/aromatic N) is 7. The van der Waals surface area contributed by atoms with Crippen LogP contribution in [0.4, 0.5) is 22.5 Å². The first-order valence-corrected chi connectivity index (χ1v) is 17.7. The van der Waals surface area contributed by atoms with Crippen molar-refractivity contribution in [1.29, 1.82) is 0 Å². The summed E-state index contributed by atoms with van der Waals surface area (Å²) in [5.41, 5.74) is 2.07. The van der Waals surface area contributed by atoms with Crippen molar-refractivity contribution in [3.8, 4) is 0 Å². The molecule has 250 valence electrons. The van der Waals surface area contributed by atoms with Crippen LogP contribution >= 0.6 is 11.3 Å². The van der Waals surface area contributed by atoms with E-state index in [1.807, 2.05) is 25.1 Å². The number of piperazine rings is 2. The van der Waals surface area contributed by atoms with Crippen LogP contribution in [-0.4, -0.2) is 106 Å². The van der Waals surface area contributed by atoms with Crippen molar-refractivity contribution in [2.75, 3.05) is 47.8 Å². The molecule has 4 bridgehead atoms. The van der Waals surface area contributed by atoms with Gasteiger partial charge in [0.05, 0.1) is 23.0 Å². The van der Waals surface area contributed by atoms with Gasteiger partial charge in [-0.2, -0.15) is 0 Å². The van der Waals surface area contributed by atoms with Gasteiger partial charge in [0.1, 0.15) is 17.5 Å². The Hall–Kier alpha value is -4.43. The molecule has 0 radical (unpaired) electrons. The van der Waals surface area contributed by atoms with Gasteiger partial charge in [0.2, 0.25) is 17.7 Å². The zero-order valence-corrected chi connectivity index (χ0v) is 27.7. The zero-order valence-electron chi connectivity index (χ0n) is 26.9. The van der Waals surface area contributed by atoms with Crippen LogP contribution in [-0.2, 0) is 14.4 Å². The number of aromatic nitrogens is 3. The lowest BCUT2D eigenvalue weighted by Crippen LogP contribution is -2.49. The van der Waals surface area contributed by atoms with Gasteiger partial charge in [0, 0.05) is 68.9 Å². The number of aldehydes is 1. The van der Waals surface area contributed by atoms with Crippen molar-refractivity contribution in [3.05, 3.63) is 52.8 Å². The van der Waals surface area contributed by atoms with Crippen molar-refractivity contribution in [2.45, 2.75) is 75.5 Å². The predicted octanol–water partition coefficient (Wildman–Crippen LogP) is 2.85. The minimum absolute atomic E-state index is 0.196. The fraction of sp³-hybridized carbons (Fsp3) is 0.500. The fourth-order valence-electron chi connectivity index (χ4n) is 8.35. The van der Waals surface area contributed by atoms with Gasteiger partial charge in [-0.3, -0.25) is 29.4 Å². The topological polar surface area (TPSA) is 144 Å². The number of hydrogen-bond acceptors (Lipinski definition) is 12. The summed E-state index contributed by atoms with van der Waals surface area (Å²) in [6.45, 7) is 6.28. The maximum Gasteiger partial charge on any atom is 0.234 e. The van der Waals surface area contributed by atoms with E-state index in [9.17, 15) is 19.2 Å². The number of fused-ring (bicyclic) bond motifs is 4. The molecule has 2 aromatic heterocycles. The van der Waals surface area contributed by atoms with Crippen LogP contribution in [0.2, 0.25) is 0 Å². The molecular weight excluding hydrogens is 631 g/mol. The summed E-state index contributed by atoms with van der Waals surface area (Å²) in [4.78, 5) is 71.6. The van der Waals surface area contributed by atoms with E-state index in [2.05, 4.69) is 52.3 Å². The lowest BCUT2D eigenvalue weighted by atomic mass is 9.90. The van der Waals surface area contributed by atoms with Crippen LogP contribution in [0.1, 0.15) is 65.5 Å². The van der Waals surface area contributed by atoms with Crippen molar-refractivity contribution < 1.29 is 19.2 Å². The second-order valence-corrected chi connectivity index (χ2v) is 14.7. The first-order chi connectivity index (χ1) is 23.3. The third-order valence-corrected chi connectivity index (χ3v) is 11.4. The molecule has 1 aromatic carbocycles. The Morgan fingerprint density at radius 1 is 1.02 bits per heavy atom. The van der Waals surface area contributed by atoms with Gasteiger partial charge in [0.25, 0.3) is 0 Å². The molecule has 48 heavy (non-hydrogen) atoms. The van der Waals surface area contributed by atoms with Gasteiger partial charge in [-0.15, -0.1) is 0 Å². The number of benzene rings is 1. The van der Waals surface area contributed by atoms with E-state index in [-0.39, 0.29) is 29.7 Å². The molecule has 5 aliphatic heterocycles. The Balaban J connectivity index is 0.797. The number of hydrogen-bond donors (Lipinski definition) is 2. The predicted molar refractivity (Wildman–Crippen MR) is 181 cm³/mol. The maximum atomic E-state index is 13.3. The van der Waals surface area contributed by atoms with E-state index in [0.717, 1.165) is 75.3 Å². The number of amides is 3. The Morgan fingerprint density at radius 2 is 1.81 bits per heavy atom. The highest BCUT2D eigenvalue weighted by Crippen LogP contribution is 2.37. The highest BCUT2D eigenvalue weighted by molar-refractivity contribution is 7.17. The van der Waals surface area contributed by atoms with E-state index >= 15 is 0 Å². The highest BCUT2D eigenvalue weighted by atomic mass is 32.1. The molecule has 3 amide bonds. The van der Waals surface area contributed by atoms with Crippen LogP contribution in [0.3, 0.4) is 0 Å². The third-order valence-electron chi connectivity index (χ3n) is 10.6. The largest absolute Gasteiger partial charge is 0.365 e. The second kappa shape index (κ2) is 12.5. The fourth-order valence-corrected chi connectivity index (χ4v) is 8.99. The number of carbonyl (C=O) groups excluding carboxylic acids is 4. The van der Waals surface area contributed by atoms with Crippen molar-refractivity contribution >= 4 is 57.8 Å². The van der Waals surface area contributed by atoms with E-state index in [4.69, 9.17) is 4.98 Å². The molecule has 5 fully saturated rings. The second-order valence-electron chi connectivity index (χ2n) is 13.6. The number of thiazole rings is 1. The quantitative estimate of drug-likeness (QED) is 0.243. The Labute approximate surface area is 282 Å². The normalized spacial score (nSPS) is 26.4. The monoisotopic (exact) mass is 669 g/mol. The number of likely N-dealkylation sites (tertiary alicyclic amines) is 2. The van der Waals surface area contributed by atoms with E-state index in [1.165, 1.54) is 11.3 Å². The summed E-state index contributed by atoms with van der Waals surface area (Å²) in [5.74, 6) is 1.84. The minimum atomic E-state index is -0.275. The number of carbonyl (C=O) groups is 4. The van der Waals surface area contributed by atoms with Gasteiger partial charge in [-0.25, -0.2) is 15.0 Å². The molecule has 5 saturated heterocycles. The van der Waals surface area contributed by atoms with Gasteiger partial charge in [-0.1, -0.05) is 23.5 Å². The summed E-state index contributed by atoms with van der Waals surface area (Å²) in [7, 11) is 0. The van der Waals surface area contributed by atoms with Crippen LogP contribution < -0.4 is 20.4 Å². The Bertz CT molecular complexity index is 1750. The van der Waals surface area contributed by atoms with Gasteiger partial charge in [-0.05, 0) is 56.8 Å². The Morgan fingerprint density at radius 3 is 2.52 bits per heavy atom. The van der Waals surface area contributed by atoms with Gasteiger partial charge < -0.3 is 20.0 Å². The zero-order chi connectivity index (χ0) is 32.9. The SMILES string of the molecule is Cc1nc(Nc2ncc(C=O)s2)cc(N2CC3CC2CN3CCCC(=O)N2CC3CC2CN3c2ccc(C3CCC(=O)NC3=O)cc2)n1. The van der Waals surface area contributed by atoms with Crippen LogP contribution in [0.25, 0.3) is 0 Å². The summed E-state index contributed by atoms with van der Waals surface area (Å²) >= 11 is 1.29. The van der Waals surface area contributed by atoms with E-state index < -0.39 is 0 Å². The lowest BCUT2D eigenvalue weighted by Gasteiger charge is -2.36. The molecule has 0 spiro atoms. The number of imide groups is 1. The molecule has 8 rings (SSSR count). The first kappa shape index (κ1) is 30.9. The summed E-state index contributed by atoms with van der Waals surface area (Å²) in [6, 6.07) is 11.5. The number of anilines is 4. The lowest BCUT2D eigenvalue weighted by molar-refractivity contribution is -0.134. The molecule has 0 aliphatic carbocycles. The number of nitrogens with one attached hydrogen (secondary N) is 2. The average Bonchev–Trinajstić information content (AvgIpc) is 3.92. The van der Waals surface area contributed by atoms with Gasteiger partial charge in [0.15, 0.2) is 11.4 Å². The highest BCUT2D eigenvalue weighted by Gasteiger charge is 2.46. The van der Waals surface area contributed by atoms with Gasteiger partial charge >= 0.3 is 0 Å². The first-order valence-electron chi connectivity index (χ1n) is 16.9. The van der Waals surface area contributed by atoms with Crippen molar-refractivity contribution in [3.63, 3.8) is 0 Å². The molecule has 2 N–H and O–H groups in total. The smallest absolute Gasteiger partial charge is 0.234 e. The van der Waals surface area contributed by atoms with Crippen LogP contribution in [0.15, 0.2) is 36.5 Å². The standard InChI is InChI=1S/C34H39N9O4S/c1-20-36-29(38-34-35-14-27(19-44)48-34)13-30(37-20)42-16-23-11-24(42)15-40(23)10-2-3-32(46)43-18-25-12-26(43)17-41(25)22-6-4-21(5-7-22)28-8-9-31(45)39-33(28)47/h4-7,13-14,19,23-26,28H,2-3,8-12,15-18H2,1H3,(H,39,45,47)(H,35,36,37,38). The van der Waals surface area contributed by atoms with E-state index in [0.29, 0.717) is 59.0 Å². The minimum Gasteiger partial charge on any atom is -0.365 e. The van der Waals surface area contributed by atoms with Crippen LogP contribution in [0.5, 0.6) is 0 Å². The number of aryl methyl sites for hydroxylation is 1. The molecular formula is C34H39N9O4S. The van der Waals surface area contributed by atoms with Crippen molar-refractivity contribution in [2.24, 2.45) is 0 Å². The molecule has 14 heteroatoms. The molecule has 7 heterocycles. The molecule has 5 atom stereocenters. The number of rotatable bonds is 10. The van der Waals surface area contributed by atoms with E-state index in [1.54, 1.807) is 6.20 Å². The molecule has 3 aromatic rings. The molecule has 5 aliphatic rings. The van der Waals surface area contributed by atoms with Crippen molar-refractivity contribution in [1.82, 2.24) is 30.1 Å². The average molecular weight is 670 g/mol. The summed E-state index contributed by atoms with van der Waals surface area (Å²) in [5, 5.41) is 6.29. The van der Waals surface area contributed by atoms with Crippen LogP contribution in [0, 0.1) is 6.92 Å². The molecule has 0 saturated carbocycles. The summed E-state index contributed by atoms with van der Waals surface area (Å²) < 4.78 is 0. The third kappa shape index (κ3) is 5.91. The summed E-state index contributed by atoms with van der Waals surface area (Å²) in [6.07, 6.45) is 6.79. The maximum absolute atomic E-state index is 13.3. The number of piperidine rings is 1. The molecule has 5 unspecified atom stereocenters.